The van der Waals surface area contributed by atoms with Crippen LogP contribution in [0.2, 0.25) is 0 Å². The Kier molecular flexibility index (Phi) is 6.41. The van der Waals surface area contributed by atoms with Gasteiger partial charge in [0.05, 0.1) is 11.1 Å². The first-order chi connectivity index (χ1) is 19.6. The molecule has 0 atom stereocenters. The van der Waals surface area contributed by atoms with Gasteiger partial charge in [0.25, 0.3) is 11.6 Å². The van der Waals surface area contributed by atoms with Gasteiger partial charge >= 0.3 is 0 Å². The van der Waals surface area contributed by atoms with Gasteiger partial charge in [0.1, 0.15) is 30.0 Å². The molecule has 6 heteroatoms. The van der Waals surface area contributed by atoms with E-state index in [-0.39, 0.29) is 10.8 Å². The molecule has 0 saturated carbocycles. The monoisotopic (exact) mass is 560 g/mol. The van der Waals surface area contributed by atoms with Crippen LogP contribution in [0.1, 0.15) is 83.7 Å². The fourth-order valence-corrected chi connectivity index (χ4v) is 5.91. The average molecular weight is 561 g/mol. The van der Waals surface area contributed by atoms with E-state index >= 15 is 0 Å². The van der Waals surface area contributed by atoms with Gasteiger partial charge in [-0.2, -0.15) is 9.55 Å². The van der Waals surface area contributed by atoms with Gasteiger partial charge in [0, 0.05) is 22.3 Å². The largest absolute Gasteiger partial charge is 0.433 e. The molecule has 3 heterocycles. The molecule has 42 heavy (non-hydrogen) atoms. The summed E-state index contributed by atoms with van der Waals surface area (Å²) in [6.45, 7) is 21.7. The maximum Gasteiger partial charge on any atom is 0.294 e. The molecule has 0 unspecified atom stereocenters. The number of hydrogen-bond donors (Lipinski definition) is 0. The SMILES string of the molecule is Cc1cc2cc(CC(C)C)cc3c2c(c1C)-c1c(nc2c(-c4nc(C(C)(C)C)nc(C(C)(C)C)n4)cccc2[n+]1C)O3. The summed E-state index contributed by atoms with van der Waals surface area (Å²) in [6.07, 6.45) is 0.996. The van der Waals surface area contributed by atoms with Crippen LogP contribution in [0.3, 0.4) is 0 Å². The van der Waals surface area contributed by atoms with Gasteiger partial charge in [-0.3, -0.25) is 0 Å². The van der Waals surface area contributed by atoms with Crippen molar-refractivity contribution < 1.29 is 9.30 Å². The second-order valence-corrected chi connectivity index (χ2v) is 14.4. The third kappa shape index (κ3) is 4.61. The lowest BCUT2D eigenvalue weighted by Gasteiger charge is -2.24. The summed E-state index contributed by atoms with van der Waals surface area (Å²) in [5.74, 6) is 4.23. The van der Waals surface area contributed by atoms with E-state index in [1.807, 2.05) is 0 Å². The Morgan fingerprint density at radius 1 is 0.857 bits per heavy atom. The molecule has 1 aliphatic heterocycles. The number of nitrogens with zero attached hydrogens (tertiary/aromatic N) is 5. The summed E-state index contributed by atoms with van der Waals surface area (Å²) < 4.78 is 8.94. The van der Waals surface area contributed by atoms with Crippen molar-refractivity contribution in [3.05, 3.63) is 64.7 Å². The summed E-state index contributed by atoms with van der Waals surface area (Å²) in [5.41, 5.74) is 8.22. The third-order valence-electron chi connectivity index (χ3n) is 8.21. The second-order valence-electron chi connectivity index (χ2n) is 14.4. The molecule has 6 nitrogen and oxygen atoms in total. The van der Waals surface area contributed by atoms with Crippen LogP contribution in [0.4, 0.5) is 0 Å². The van der Waals surface area contributed by atoms with Gasteiger partial charge < -0.3 is 4.74 Å². The summed E-state index contributed by atoms with van der Waals surface area (Å²) in [6, 6.07) is 13.1. The van der Waals surface area contributed by atoms with Crippen molar-refractivity contribution in [1.29, 1.82) is 0 Å². The minimum atomic E-state index is -0.228. The predicted octanol–water partition coefficient (Wildman–Crippen LogP) is 8.25. The van der Waals surface area contributed by atoms with E-state index in [9.17, 15) is 0 Å². The van der Waals surface area contributed by atoms with Crippen LogP contribution < -0.4 is 9.30 Å². The van der Waals surface area contributed by atoms with Crippen LogP contribution in [0.15, 0.2) is 36.4 Å². The Hall–Kier alpha value is -3.93. The van der Waals surface area contributed by atoms with Crippen molar-refractivity contribution in [2.24, 2.45) is 13.0 Å². The second kappa shape index (κ2) is 9.55. The van der Waals surface area contributed by atoms with Crippen LogP contribution >= 0.6 is 0 Å². The molecule has 1 aliphatic rings. The Morgan fingerprint density at radius 2 is 1.52 bits per heavy atom. The highest BCUT2D eigenvalue weighted by Gasteiger charge is 2.34. The molecule has 0 bridgehead atoms. The molecule has 0 spiro atoms. The number of hydrogen-bond acceptors (Lipinski definition) is 5. The van der Waals surface area contributed by atoms with Crippen LogP contribution in [0, 0.1) is 19.8 Å². The van der Waals surface area contributed by atoms with E-state index in [0.29, 0.717) is 17.6 Å². The molecule has 0 amide bonds. The van der Waals surface area contributed by atoms with E-state index < -0.39 is 0 Å². The zero-order valence-corrected chi connectivity index (χ0v) is 26.9. The number of rotatable bonds is 3. The molecule has 0 fully saturated rings. The van der Waals surface area contributed by atoms with Crippen LogP contribution in [0.25, 0.3) is 44.5 Å². The molecule has 2 aromatic heterocycles. The fraction of sp³-hybridized carbons (Fsp3) is 0.417. The number of ether oxygens (including phenoxy) is 1. The van der Waals surface area contributed by atoms with Gasteiger partial charge in [-0.1, -0.05) is 73.6 Å². The Balaban J connectivity index is 1.65. The fourth-order valence-electron chi connectivity index (χ4n) is 5.91. The standard InChI is InChI=1S/C36H42N5O/c1-19(2)15-22-17-23-16-20(3)21(4)27-28(23)26(18-22)42-32-30(27)41(11)25-14-12-13-24(29(25)37-32)31-38-33(35(5,6)7)40-34(39-31)36(8,9)10/h12-14,16-19H,15H2,1-11H3/q+1. The smallest absolute Gasteiger partial charge is 0.294 e. The maximum absolute atomic E-state index is 6.72. The van der Waals surface area contributed by atoms with E-state index in [1.165, 1.54) is 27.6 Å². The molecule has 0 radical (unpaired) electrons. The highest BCUT2D eigenvalue weighted by molar-refractivity contribution is 6.05. The van der Waals surface area contributed by atoms with E-state index in [2.05, 4.69) is 117 Å². The normalized spacial score (nSPS) is 13.1. The number of aromatic nitrogens is 5. The topological polar surface area (TPSA) is 64.7 Å². The summed E-state index contributed by atoms with van der Waals surface area (Å²) >= 11 is 0. The van der Waals surface area contributed by atoms with Crippen LogP contribution in [0.5, 0.6) is 11.6 Å². The summed E-state index contributed by atoms with van der Waals surface area (Å²) in [7, 11) is 2.11. The first kappa shape index (κ1) is 28.2. The van der Waals surface area contributed by atoms with Crippen molar-refractivity contribution in [3.8, 4) is 34.3 Å². The minimum Gasteiger partial charge on any atom is -0.433 e. The lowest BCUT2D eigenvalue weighted by molar-refractivity contribution is -0.634. The number of fused-ring (bicyclic) bond motifs is 3. The quantitative estimate of drug-likeness (QED) is 0.204. The highest BCUT2D eigenvalue weighted by atomic mass is 16.5. The van der Waals surface area contributed by atoms with Gasteiger partial charge in [-0.25, -0.2) is 15.0 Å². The average Bonchev–Trinajstić information content (AvgIpc) is 2.89. The molecule has 0 saturated heterocycles. The molecule has 5 aromatic rings. The van der Waals surface area contributed by atoms with Crippen molar-refractivity contribution in [1.82, 2.24) is 19.9 Å². The van der Waals surface area contributed by atoms with Gasteiger partial charge in [-0.15, -0.1) is 0 Å². The van der Waals surface area contributed by atoms with Crippen molar-refractivity contribution in [2.45, 2.75) is 86.5 Å². The molecule has 3 aromatic carbocycles. The molecular formula is C36H42N5O+. The van der Waals surface area contributed by atoms with Gasteiger partial charge in [0.2, 0.25) is 5.52 Å². The zero-order valence-electron chi connectivity index (χ0n) is 26.9. The number of benzene rings is 3. The van der Waals surface area contributed by atoms with Crippen molar-refractivity contribution >= 4 is 21.8 Å². The van der Waals surface area contributed by atoms with Gasteiger partial charge in [0.15, 0.2) is 5.82 Å². The minimum absolute atomic E-state index is 0.228. The first-order valence-corrected chi connectivity index (χ1v) is 15.0. The molecule has 0 aliphatic carbocycles. The van der Waals surface area contributed by atoms with Crippen LogP contribution in [-0.4, -0.2) is 19.9 Å². The number of aryl methyl sites for hydroxylation is 2. The number of para-hydroxylation sites is 1. The molecule has 6 rings (SSSR count). The predicted molar refractivity (Wildman–Crippen MR) is 170 cm³/mol. The first-order valence-electron chi connectivity index (χ1n) is 15.0. The third-order valence-corrected chi connectivity index (χ3v) is 8.21. The summed E-state index contributed by atoms with van der Waals surface area (Å²) in [4.78, 5) is 20.1. The van der Waals surface area contributed by atoms with Crippen molar-refractivity contribution in [3.63, 3.8) is 0 Å². The van der Waals surface area contributed by atoms with Gasteiger partial charge in [-0.05, 0) is 60.4 Å². The summed E-state index contributed by atoms with van der Waals surface area (Å²) in [5, 5.41) is 2.38. The molecule has 216 valence electrons. The zero-order chi connectivity index (χ0) is 30.3. The highest BCUT2D eigenvalue weighted by Crippen LogP contribution is 2.48. The Morgan fingerprint density at radius 3 is 2.14 bits per heavy atom. The Bertz CT molecular complexity index is 1880. The van der Waals surface area contributed by atoms with Crippen molar-refractivity contribution in [2.75, 3.05) is 0 Å². The Labute approximate surface area is 249 Å². The molecule has 0 N–H and O–H groups in total. The van der Waals surface area contributed by atoms with Crippen LogP contribution in [-0.2, 0) is 24.3 Å². The maximum atomic E-state index is 6.72. The van der Waals surface area contributed by atoms with E-state index in [1.54, 1.807) is 0 Å². The van der Waals surface area contributed by atoms with E-state index in [4.69, 9.17) is 24.7 Å². The van der Waals surface area contributed by atoms with E-state index in [0.717, 1.165) is 51.5 Å². The molecular weight excluding hydrogens is 518 g/mol. The lowest BCUT2D eigenvalue weighted by atomic mass is 9.89. The lowest BCUT2D eigenvalue weighted by Crippen LogP contribution is -2.34.